The van der Waals surface area contributed by atoms with E-state index in [-0.39, 0.29) is 11.9 Å². The molecule has 0 amide bonds. The zero-order chi connectivity index (χ0) is 8.55. The third-order valence-corrected chi connectivity index (χ3v) is 2.20. The average molecular weight is 162 g/mol. The Morgan fingerprint density at radius 2 is 2.17 bits per heavy atom. The molecule has 1 aromatic rings. The van der Waals surface area contributed by atoms with Crippen molar-refractivity contribution >= 4 is 5.97 Å². The average Bonchev–Trinajstić information content (AvgIpc) is 2.40. The van der Waals surface area contributed by atoms with Gasteiger partial charge in [0.05, 0.1) is 5.92 Å². The lowest BCUT2D eigenvalue weighted by atomic mass is 9.98. The van der Waals surface area contributed by atoms with Gasteiger partial charge >= 0.3 is 5.97 Å². The summed E-state index contributed by atoms with van der Waals surface area (Å²) in [5.41, 5.74) is 1.03. The molecule has 2 heteroatoms. The van der Waals surface area contributed by atoms with Crippen LogP contribution >= 0.6 is 0 Å². The van der Waals surface area contributed by atoms with E-state index in [1.807, 2.05) is 31.2 Å². The van der Waals surface area contributed by atoms with Gasteiger partial charge in [-0.2, -0.15) is 0 Å². The lowest BCUT2D eigenvalue weighted by Gasteiger charge is -2.00. The van der Waals surface area contributed by atoms with E-state index in [9.17, 15) is 4.79 Å². The van der Waals surface area contributed by atoms with Crippen LogP contribution in [0.1, 0.15) is 24.8 Å². The molecule has 0 bridgehead atoms. The maximum atomic E-state index is 11.2. The van der Waals surface area contributed by atoms with E-state index >= 15 is 0 Å². The smallest absolute Gasteiger partial charge is 0.318 e. The van der Waals surface area contributed by atoms with E-state index < -0.39 is 0 Å². The van der Waals surface area contributed by atoms with Gasteiger partial charge in [0.25, 0.3) is 0 Å². The van der Waals surface area contributed by atoms with Crippen LogP contribution in [0.5, 0.6) is 5.75 Å². The van der Waals surface area contributed by atoms with Gasteiger partial charge in [-0.25, -0.2) is 0 Å². The van der Waals surface area contributed by atoms with Gasteiger partial charge in [-0.15, -0.1) is 0 Å². The van der Waals surface area contributed by atoms with Gasteiger partial charge in [0.15, 0.2) is 0 Å². The van der Waals surface area contributed by atoms with Crippen LogP contribution < -0.4 is 4.74 Å². The number of para-hydroxylation sites is 1. The Bertz CT molecular complexity index is 317. The summed E-state index contributed by atoms with van der Waals surface area (Å²) in [4.78, 5) is 11.2. The van der Waals surface area contributed by atoms with Crippen molar-refractivity contribution < 1.29 is 9.53 Å². The van der Waals surface area contributed by atoms with Crippen molar-refractivity contribution in [1.29, 1.82) is 0 Å². The fourth-order valence-corrected chi connectivity index (χ4v) is 1.55. The number of rotatable bonds is 1. The normalized spacial score (nSPS) is 20.4. The number of carbonyl (C=O) groups excluding carboxylic acids is 1. The van der Waals surface area contributed by atoms with Crippen LogP contribution in [-0.2, 0) is 4.79 Å². The van der Waals surface area contributed by atoms with Crippen LogP contribution in [0.3, 0.4) is 0 Å². The molecule has 12 heavy (non-hydrogen) atoms. The molecule has 62 valence electrons. The van der Waals surface area contributed by atoms with Crippen molar-refractivity contribution in [3.05, 3.63) is 29.8 Å². The molecule has 0 fully saturated rings. The second-order valence-electron chi connectivity index (χ2n) is 2.92. The summed E-state index contributed by atoms with van der Waals surface area (Å²) >= 11 is 0. The van der Waals surface area contributed by atoms with Crippen LogP contribution in [0.4, 0.5) is 0 Å². The van der Waals surface area contributed by atoms with Crippen molar-refractivity contribution in [3.63, 3.8) is 0 Å². The molecule has 0 saturated carbocycles. The minimum atomic E-state index is -0.112. The second kappa shape index (κ2) is 2.63. The number of hydrogen-bond donors (Lipinski definition) is 0. The van der Waals surface area contributed by atoms with E-state index in [0.717, 1.165) is 17.7 Å². The third kappa shape index (κ3) is 0.916. The number of hydrogen-bond acceptors (Lipinski definition) is 2. The van der Waals surface area contributed by atoms with Crippen molar-refractivity contribution in [2.24, 2.45) is 0 Å². The Kier molecular flexibility index (Phi) is 1.61. The number of esters is 1. The second-order valence-corrected chi connectivity index (χ2v) is 2.92. The molecule has 0 aromatic heterocycles. The SMILES string of the molecule is CCC1C(=O)Oc2ccccc21. The van der Waals surface area contributed by atoms with Crippen molar-refractivity contribution in [3.8, 4) is 5.75 Å². The first-order chi connectivity index (χ1) is 5.83. The number of ether oxygens (including phenoxy) is 1. The maximum absolute atomic E-state index is 11.2. The van der Waals surface area contributed by atoms with Crippen molar-refractivity contribution in [2.75, 3.05) is 0 Å². The van der Waals surface area contributed by atoms with Crippen LogP contribution in [-0.4, -0.2) is 5.97 Å². The largest absolute Gasteiger partial charge is 0.426 e. The highest BCUT2D eigenvalue weighted by molar-refractivity contribution is 5.85. The van der Waals surface area contributed by atoms with Crippen LogP contribution in [0.25, 0.3) is 0 Å². The van der Waals surface area contributed by atoms with E-state index in [1.54, 1.807) is 0 Å². The molecule has 1 aliphatic rings. The lowest BCUT2D eigenvalue weighted by Crippen LogP contribution is -2.08. The molecule has 1 atom stereocenters. The molecule has 0 N–H and O–H groups in total. The van der Waals surface area contributed by atoms with E-state index in [2.05, 4.69) is 0 Å². The molecule has 1 heterocycles. The van der Waals surface area contributed by atoms with E-state index in [4.69, 9.17) is 4.74 Å². The van der Waals surface area contributed by atoms with Crippen molar-refractivity contribution in [1.82, 2.24) is 0 Å². The summed E-state index contributed by atoms with van der Waals surface area (Å²) in [6.07, 6.45) is 0.815. The molecule has 2 rings (SSSR count). The summed E-state index contributed by atoms with van der Waals surface area (Å²) in [5.74, 6) is 0.578. The molecule has 0 aliphatic carbocycles. The number of carbonyl (C=O) groups is 1. The van der Waals surface area contributed by atoms with Crippen LogP contribution in [0.15, 0.2) is 24.3 Å². The maximum Gasteiger partial charge on any atom is 0.318 e. The topological polar surface area (TPSA) is 26.3 Å². The molecular weight excluding hydrogens is 152 g/mol. The van der Waals surface area contributed by atoms with Gasteiger partial charge < -0.3 is 4.74 Å². The third-order valence-electron chi connectivity index (χ3n) is 2.20. The van der Waals surface area contributed by atoms with Gasteiger partial charge in [-0.05, 0) is 12.5 Å². The summed E-state index contributed by atoms with van der Waals surface area (Å²) in [6, 6.07) is 7.60. The Balaban J connectivity index is 2.47. The highest BCUT2D eigenvalue weighted by Gasteiger charge is 2.30. The standard InChI is InChI=1S/C10H10O2/c1-2-7-8-5-3-4-6-9(8)12-10(7)11/h3-7H,2H2,1H3. The first-order valence-electron chi connectivity index (χ1n) is 4.13. The molecule has 0 radical (unpaired) electrons. The van der Waals surface area contributed by atoms with Crippen LogP contribution in [0, 0.1) is 0 Å². The summed E-state index contributed by atoms with van der Waals surface area (Å²) in [5, 5.41) is 0. The first kappa shape index (κ1) is 7.35. The molecule has 1 aromatic carbocycles. The monoisotopic (exact) mass is 162 g/mol. The zero-order valence-corrected chi connectivity index (χ0v) is 6.91. The molecule has 0 saturated heterocycles. The Labute approximate surface area is 71.2 Å². The molecule has 1 aliphatic heterocycles. The van der Waals surface area contributed by atoms with Crippen LogP contribution in [0.2, 0.25) is 0 Å². The summed E-state index contributed by atoms with van der Waals surface area (Å²) in [7, 11) is 0. The number of fused-ring (bicyclic) bond motifs is 1. The molecule has 2 nitrogen and oxygen atoms in total. The fraction of sp³-hybridized carbons (Fsp3) is 0.300. The predicted octanol–water partition coefficient (Wildman–Crippen LogP) is 2.10. The zero-order valence-electron chi connectivity index (χ0n) is 6.91. The quantitative estimate of drug-likeness (QED) is 0.467. The Morgan fingerprint density at radius 3 is 2.92 bits per heavy atom. The predicted molar refractivity (Wildman–Crippen MR) is 45.1 cm³/mol. The molecule has 1 unspecified atom stereocenters. The Morgan fingerprint density at radius 1 is 1.42 bits per heavy atom. The number of benzene rings is 1. The first-order valence-corrected chi connectivity index (χ1v) is 4.13. The molecular formula is C10H10O2. The van der Waals surface area contributed by atoms with Gasteiger partial charge in [0.2, 0.25) is 0 Å². The minimum absolute atomic E-state index is 0.0406. The van der Waals surface area contributed by atoms with E-state index in [1.165, 1.54) is 0 Å². The van der Waals surface area contributed by atoms with Gasteiger partial charge in [-0.3, -0.25) is 4.79 Å². The highest BCUT2D eigenvalue weighted by atomic mass is 16.5. The summed E-state index contributed by atoms with van der Waals surface area (Å²) < 4.78 is 5.07. The van der Waals surface area contributed by atoms with Gasteiger partial charge in [0.1, 0.15) is 5.75 Å². The highest BCUT2D eigenvalue weighted by Crippen LogP contribution is 2.35. The van der Waals surface area contributed by atoms with Gasteiger partial charge in [-0.1, -0.05) is 25.1 Å². The van der Waals surface area contributed by atoms with E-state index in [0.29, 0.717) is 0 Å². The fourth-order valence-electron chi connectivity index (χ4n) is 1.55. The minimum Gasteiger partial charge on any atom is -0.426 e. The van der Waals surface area contributed by atoms with Crippen molar-refractivity contribution in [2.45, 2.75) is 19.3 Å². The lowest BCUT2D eigenvalue weighted by molar-refractivity contribution is -0.134. The molecule has 0 spiro atoms. The summed E-state index contributed by atoms with van der Waals surface area (Å²) in [6.45, 7) is 1.99. The Hall–Kier alpha value is -1.31. The van der Waals surface area contributed by atoms with Gasteiger partial charge in [0, 0.05) is 5.56 Å².